The van der Waals surface area contributed by atoms with Crippen molar-refractivity contribution in [2.45, 2.75) is 33.7 Å². The van der Waals surface area contributed by atoms with Crippen LogP contribution in [-0.4, -0.2) is 75.9 Å². The number of para-hydroxylation sites is 2. The summed E-state index contributed by atoms with van der Waals surface area (Å²) in [6, 6.07) is 12.3. The molecule has 1 unspecified atom stereocenters. The number of carbonyl (C=O) groups is 2. The first-order chi connectivity index (χ1) is 19.3. The summed E-state index contributed by atoms with van der Waals surface area (Å²) in [7, 11) is 1.55. The molecule has 0 aliphatic carbocycles. The van der Waals surface area contributed by atoms with Crippen molar-refractivity contribution in [2.24, 2.45) is 0 Å². The normalized spacial score (nSPS) is 15.7. The van der Waals surface area contributed by atoms with Gasteiger partial charge in [-0.1, -0.05) is 43.4 Å². The van der Waals surface area contributed by atoms with Crippen LogP contribution in [0, 0.1) is 6.92 Å². The molecule has 1 atom stereocenters. The van der Waals surface area contributed by atoms with E-state index in [0.717, 1.165) is 29.8 Å². The van der Waals surface area contributed by atoms with Gasteiger partial charge in [0.25, 0.3) is 5.91 Å². The van der Waals surface area contributed by atoms with Crippen LogP contribution in [0.1, 0.15) is 47.7 Å². The van der Waals surface area contributed by atoms with E-state index in [2.05, 4.69) is 23.7 Å². The van der Waals surface area contributed by atoms with Gasteiger partial charge in [0.1, 0.15) is 0 Å². The molecule has 10 heteroatoms. The second-order valence-corrected chi connectivity index (χ2v) is 10.6. The largest absolute Gasteiger partial charge is 0.503 e. The number of methoxy groups -OCH3 is 1. The number of aromatic nitrogens is 2. The van der Waals surface area contributed by atoms with Crippen molar-refractivity contribution >= 4 is 39.0 Å². The number of aryl methyl sites for hydroxylation is 1. The number of ether oxygens (including phenoxy) is 2. The number of aliphatic hydroxyl groups is 1. The number of rotatable bonds is 11. The first-order valence-corrected chi connectivity index (χ1v) is 14.3. The molecule has 0 radical (unpaired) electrons. The molecule has 40 heavy (non-hydrogen) atoms. The van der Waals surface area contributed by atoms with E-state index in [4.69, 9.17) is 9.47 Å². The fraction of sp³-hybridized carbons (Fsp3) is 0.367. The van der Waals surface area contributed by atoms with E-state index in [1.807, 2.05) is 48.6 Å². The highest BCUT2D eigenvalue weighted by atomic mass is 32.1. The zero-order valence-corrected chi connectivity index (χ0v) is 24.2. The van der Waals surface area contributed by atoms with E-state index in [0.29, 0.717) is 46.6 Å². The molecule has 0 saturated carbocycles. The number of Topliss-reactive ketones (excluding diaryl/α,β-unsaturated/α-hetero) is 1. The lowest BCUT2D eigenvalue weighted by Gasteiger charge is -2.29. The predicted molar refractivity (Wildman–Crippen MR) is 156 cm³/mol. The Kier molecular flexibility index (Phi) is 7.82. The monoisotopic (exact) mass is 562 g/mol. The number of fused-ring (bicyclic) bond motifs is 3. The number of amides is 1. The molecule has 4 aromatic rings. The predicted octanol–water partition coefficient (Wildman–Crippen LogP) is 5.18. The molecule has 1 aliphatic rings. The second-order valence-electron chi connectivity index (χ2n) is 9.60. The van der Waals surface area contributed by atoms with Crippen LogP contribution < -0.4 is 9.47 Å². The van der Waals surface area contributed by atoms with E-state index in [-0.39, 0.29) is 11.4 Å². The SMILES string of the molecule is CCOc1ccc(C2C(C(=O)c3sc4nc5ccccc5n4c3C)=C(O)C(=O)N2CCN(CC)CC)cc1OC. The Morgan fingerprint density at radius 3 is 2.58 bits per heavy atom. The molecule has 3 heterocycles. The van der Waals surface area contributed by atoms with Crippen molar-refractivity contribution in [1.82, 2.24) is 19.2 Å². The summed E-state index contributed by atoms with van der Waals surface area (Å²) in [5, 5.41) is 11.2. The zero-order valence-electron chi connectivity index (χ0n) is 23.4. The molecule has 2 aromatic carbocycles. The van der Waals surface area contributed by atoms with E-state index in [9.17, 15) is 14.7 Å². The molecule has 1 N–H and O–H groups in total. The summed E-state index contributed by atoms with van der Waals surface area (Å²) in [6.07, 6.45) is 0. The Hall–Kier alpha value is -3.89. The van der Waals surface area contributed by atoms with E-state index >= 15 is 0 Å². The number of benzene rings is 2. The molecule has 1 amide bonds. The quantitative estimate of drug-likeness (QED) is 0.252. The van der Waals surface area contributed by atoms with Gasteiger partial charge in [-0.2, -0.15) is 0 Å². The number of imidazole rings is 1. The van der Waals surface area contributed by atoms with Crippen LogP contribution in [0.3, 0.4) is 0 Å². The van der Waals surface area contributed by atoms with Gasteiger partial charge in [0.05, 0.1) is 41.2 Å². The fourth-order valence-electron chi connectivity index (χ4n) is 5.38. The Morgan fingerprint density at radius 1 is 1.12 bits per heavy atom. The third-order valence-corrected chi connectivity index (χ3v) is 8.64. The molecule has 0 spiro atoms. The first-order valence-electron chi connectivity index (χ1n) is 13.5. The molecule has 0 fully saturated rings. The van der Waals surface area contributed by atoms with Crippen molar-refractivity contribution < 1.29 is 24.2 Å². The highest BCUT2D eigenvalue weighted by molar-refractivity contribution is 7.19. The fourth-order valence-corrected chi connectivity index (χ4v) is 6.47. The lowest BCUT2D eigenvalue weighted by Crippen LogP contribution is -2.38. The van der Waals surface area contributed by atoms with Gasteiger partial charge in [-0.05, 0) is 56.8 Å². The van der Waals surface area contributed by atoms with Gasteiger partial charge in [-0.3, -0.25) is 14.0 Å². The highest BCUT2D eigenvalue weighted by Gasteiger charge is 2.44. The number of aliphatic hydroxyl groups excluding tert-OH is 1. The molecular weight excluding hydrogens is 528 g/mol. The molecule has 0 bridgehead atoms. The van der Waals surface area contributed by atoms with E-state index in [1.54, 1.807) is 24.1 Å². The van der Waals surface area contributed by atoms with Gasteiger partial charge >= 0.3 is 0 Å². The lowest BCUT2D eigenvalue weighted by atomic mass is 9.94. The van der Waals surface area contributed by atoms with Crippen LogP contribution >= 0.6 is 11.3 Å². The van der Waals surface area contributed by atoms with Gasteiger partial charge in [-0.25, -0.2) is 4.98 Å². The average Bonchev–Trinajstić information content (AvgIpc) is 3.58. The van der Waals surface area contributed by atoms with E-state index in [1.165, 1.54) is 11.3 Å². The lowest BCUT2D eigenvalue weighted by molar-refractivity contribution is -0.129. The van der Waals surface area contributed by atoms with Crippen LogP contribution in [-0.2, 0) is 4.79 Å². The molecule has 0 saturated heterocycles. The number of hydrogen-bond acceptors (Lipinski definition) is 8. The summed E-state index contributed by atoms with van der Waals surface area (Å²) in [4.78, 5) is 37.3. The minimum atomic E-state index is -0.786. The number of thiazole rings is 1. The molecule has 2 aromatic heterocycles. The van der Waals surface area contributed by atoms with Crippen LogP contribution in [0.15, 0.2) is 53.8 Å². The molecule has 5 rings (SSSR count). The highest BCUT2D eigenvalue weighted by Crippen LogP contribution is 2.43. The molecular formula is C30H34N4O5S. The molecule has 9 nitrogen and oxygen atoms in total. The number of hydrogen-bond donors (Lipinski definition) is 1. The zero-order chi connectivity index (χ0) is 28.6. The maximum Gasteiger partial charge on any atom is 0.290 e. The van der Waals surface area contributed by atoms with Crippen molar-refractivity contribution in [3.63, 3.8) is 0 Å². The Bertz CT molecular complexity index is 1620. The Labute approximate surface area is 237 Å². The first kappa shape index (κ1) is 27.7. The van der Waals surface area contributed by atoms with Crippen LogP contribution in [0.25, 0.3) is 16.0 Å². The number of ketones is 1. The summed E-state index contributed by atoms with van der Waals surface area (Å²) >= 11 is 1.26. The van der Waals surface area contributed by atoms with Gasteiger partial charge in [-0.15, -0.1) is 0 Å². The van der Waals surface area contributed by atoms with Crippen molar-refractivity contribution in [3.05, 3.63) is 69.9 Å². The maximum atomic E-state index is 14.2. The van der Waals surface area contributed by atoms with Gasteiger partial charge in [0.2, 0.25) is 5.78 Å². The van der Waals surface area contributed by atoms with E-state index < -0.39 is 17.7 Å². The summed E-state index contributed by atoms with van der Waals surface area (Å²) in [5.74, 6) is -0.399. The topological polar surface area (TPSA) is 96.6 Å². The Balaban J connectivity index is 1.61. The summed E-state index contributed by atoms with van der Waals surface area (Å²) in [5.41, 5.74) is 3.18. The van der Waals surface area contributed by atoms with Gasteiger partial charge in [0, 0.05) is 18.8 Å². The molecule has 1 aliphatic heterocycles. The number of nitrogens with zero attached hydrogens (tertiary/aromatic N) is 4. The van der Waals surface area contributed by atoms with Crippen LogP contribution in [0.2, 0.25) is 0 Å². The van der Waals surface area contributed by atoms with Crippen molar-refractivity contribution in [2.75, 3.05) is 39.9 Å². The van der Waals surface area contributed by atoms with Crippen molar-refractivity contribution in [1.29, 1.82) is 0 Å². The third kappa shape index (κ3) is 4.61. The van der Waals surface area contributed by atoms with Crippen LogP contribution in [0.4, 0.5) is 0 Å². The Morgan fingerprint density at radius 2 is 1.88 bits per heavy atom. The summed E-state index contributed by atoms with van der Waals surface area (Å²) < 4.78 is 13.2. The summed E-state index contributed by atoms with van der Waals surface area (Å²) in [6.45, 7) is 11.0. The second kappa shape index (κ2) is 11.3. The van der Waals surface area contributed by atoms with Gasteiger partial charge < -0.3 is 24.4 Å². The molecule has 210 valence electrons. The minimum absolute atomic E-state index is 0.0627. The van der Waals surface area contributed by atoms with Crippen LogP contribution in [0.5, 0.6) is 11.5 Å². The third-order valence-electron chi connectivity index (χ3n) is 7.50. The average molecular weight is 563 g/mol. The van der Waals surface area contributed by atoms with Gasteiger partial charge in [0.15, 0.2) is 22.2 Å². The smallest absolute Gasteiger partial charge is 0.290 e. The minimum Gasteiger partial charge on any atom is -0.503 e. The van der Waals surface area contributed by atoms with Crippen molar-refractivity contribution in [3.8, 4) is 11.5 Å². The maximum absolute atomic E-state index is 14.2. The standard InChI is InChI=1S/C30H34N4O5S/c1-6-32(7-2)15-16-33-25(19-13-14-22(39-8-3)23(17-19)38-5)24(27(36)29(33)37)26(35)28-18(4)34-21-12-10-9-11-20(21)31-30(34)40-28/h9-14,17,25,36H,6-8,15-16H2,1-5H3. The number of carbonyl (C=O) groups excluding carboxylic acids is 2. The number of likely N-dealkylation sites (N-methyl/N-ethyl adjacent to an activating group) is 1.